The first-order valence-electron chi connectivity index (χ1n) is 17.2. The van der Waals surface area contributed by atoms with Gasteiger partial charge in [0.2, 0.25) is 5.85 Å². The second kappa shape index (κ2) is 14.9. The lowest BCUT2D eigenvalue weighted by Crippen LogP contribution is -2.69. The number of para-hydroxylation sites is 1. The fourth-order valence-electron chi connectivity index (χ4n) is 7.85. The lowest BCUT2D eigenvalue weighted by atomic mass is 9.87. The number of carbonyl (C=O) groups is 3. The van der Waals surface area contributed by atoms with Gasteiger partial charge in [-0.25, -0.2) is 8.42 Å². The number of carboxylic acid groups (broad SMARTS) is 1. The average Bonchev–Trinajstić information content (AvgIpc) is 3.75. The summed E-state index contributed by atoms with van der Waals surface area (Å²) in [7, 11) is -1.39. The van der Waals surface area contributed by atoms with Crippen LogP contribution in [-0.4, -0.2) is 95.2 Å². The topological polar surface area (TPSA) is 138 Å². The van der Waals surface area contributed by atoms with Crippen molar-refractivity contribution < 1.29 is 32.6 Å². The number of piperidine rings is 1. The number of ether oxygens (including phenoxy) is 1. The molecule has 1 amide bonds. The Bertz CT molecular complexity index is 1880. The number of aromatic nitrogens is 1. The maximum absolute atomic E-state index is 14.9. The van der Waals surface area contributed by atoms with E-state index < -0.39 is 32.8 Å². The Kier molecular flexibility index (Phi) is 11.0. The van der Waals surface area contributed by atoms with Gasteiger partial charge in [-0.1, -0.05) is 41.4 Å². The third-order valence-electron chi connectivity index (χ3n) is 10.6. The standard InChI is InChI=1S/C36H44Cl2N4O7S/c1-40-22-28(27-7-3-4-8-32(27)40)34(44)39-31-21-29(37)24(19-30(31)38)20-33(43)36(41-15-5-6-16-41,42-17-13-26(14-18-42)50(2,47)48)49-25-11-9-23(10-12-25)35(45)46/h3-4,7-8,19,21-23,25-26H,5-6,9-18,20H2,1-2H3,(H,39,44)(H,45,46)/t23-,25-,36?. The number of carbonyl (C=O) groups excluding carboxylic acids is 2. The number of fused-ring (bicyclic) bond motifs is 1. The van der Waals surface area contributed by atoms with Gasteiger partial charge in [-0.3, -0.25) is 24.2 Å². The summed E-state index contributed by atoms with van der Waals surface area (Å²) in [5.74, 6) is -3.35. The summed E-state index contributed by atoms with van der Waals surface area (Å²) in [4.78, 5) is 44.0. The fourth-order valence-corrected chi connectivity index (χ4v) is 9.39. The molecular formula is C36H44Cl2N4O7S. The predicted molar refractivity (Wildman–Crippen MR) is 193 cm³/mol. The van der Waals surface area contributed by atoms with Crippen molar-refractivity contribution in [2.45, 2.75) is 75.0 Å². The van der Waals surface area contributed by atoms with Crippen molar-refractivity contribution in [1.29, 1.82) is 0 Å². The number of Topliss-reactive ketones (excluding diaryl/α,β-unsaturated/α-hetero) is 1. The van der Waals surface area contributed by atoms with Crippen LogP contribution in [-0.2, 0) is 37.6 Å². The first-order chi connectivity index (χ1) is 23.8. The van der Waals surface area contributed by atoms with Gasteiger partial charge in [0.1, 0.15) is 9.84 Å². The van der Waals surface area contributed by atoms with Crippen molar-refractivity contribution in [3.05, 3.63) is 63.8 Å². The van der Waals surface area contributed by atoms with Crippen molar-refractivity contribution in [1.82, 2.24) is 14.4 Å². The number of sulfone groups is 1. The molecule has 3 aliphatic rings. The maximum atomic E-state index is 14.9. The summed E-state index contributed by atoms with van der Waals surface area (Å²) < 4.78 is 33.7. The number of hydrogen-bond acceptors (Lipinski definition) is 8. The van der Waals surface area contributed by atoms with Gasteiger partial charge in [0.15, 0.2) is 5.78 Å². The molecule has 6 rings (SSSR count). The molecule has 2 N–H and O–H groups in total. The third kappa shape index (κ3) is 7.47. The third-order valence-corrected chi connectivity index (χ3v) is 13.0. The Morgan fingerprint density at radius 3 is 2.22 bits per heavy atom. The normalized spacial score (nSPS) is 22.4. The molecule has 3 fully saturated rings. The minimum Gasteiger partial charge on any atom is -0.481 e. The number of anilines is 1. The summed E-state index contributed by atoms with van der Waals surface area (Å²) in [6, 6.07) is 10.7. The molecule has 2 aromatic carbocycles. The quantitative estimate of drug-likeness (QED) is 0.251. The molecule has 14 heteroatoms. The van der Waals surface area contributed by atoms with Gasteiger partial charge >= 0.3 is 5.97 Å². The lowest BCUT2D eigenvalue weighted by Gasteiger charge is -2.51. The summed E-state index contributed by atoms with van der Waals surface area (Å²) in [5.41, 5.74) is 2.18. The second-order valence-corrected chi connectivity index (χ2v) is 17.0. The van der Waals surface area contributed by atoms with Crippen LogP contribution in [0.25, 0.3) is 10.9 Å². The second-order valence-electron chi connectivity index (χ2n) is 13.9. The van der Waals surface area contributed by atoms with Crippen molar-refractivity contribution in [3.8, 4) is 0 Å². The molecule has 2 saturated heterocycles. The molecule has 1 atom stereocenters. The van der Waals surface area contributed by atoms with Gasteiger partial charge < -0.3 is 19.7 Å². The maximum Gasteiger partial charge on any atom is 0.306 e. The fraction of sp³-hybridized carbons (Fsp3) is 0.528. The van der Waals surface area contributed by atoms with Crippen molar-refractivity contribution in [3.63, 3.8) is 0 Å². The number of amides is 1. The van der Waals surface area contributed by atoms with E-state index >= 15 is 0 Å². The predicted octanol–water partition coefficient (Wildman–Crippen LogP) is 5.77. The van der Waals surface area contributed by atoms with Gasteiger partial charge in [-0.2, -0.15) is 0 Å². The molecule has 50 heavy (non-hydrogen) atoms. The number of aliphatic carboxylic acids is 1. The molecule has 3 heterocycles. The molecule has 3 aromatic rings. The number of aryl methyl sites for hydroxylation is 1. The summed E-state index contributed by atoms with van der Waals surface area (Å²) in [5, 5.41) is 13.2. The van der Waals surface area contributed by atoms with Crippen LogP contribution in [0.5, 0.6) is 0 Å². The lowest BCUT2D eigenvalue weighted by molar-refractivity contribution is -0.258. The molecule has 270 valence electrons. The number of carboxylic acids is 1. The van der Waals surface area contributed by atoms with E-state index in [1.54, 1.807) is 18.3 Å². The Labute approximate surface area is 302 Å². The molecule has 0 bridgehead atoms. The summed E-state index contributed by atoms with van der Waals surface area (Å²) in [6.45, 7) is 1.93. The van der Waals surface area contributed by atoms with Gasteiger partial charge in [0.05, 0.1) is 33.5 Å². The number of benzene rings is 2. The van der Waals surface area contributed by atoms with Crippen LogP contribution in [0.15, 0.2) is 42.6 Å². The molecule has 1 aromatic heterocycles. The zero-order valence-electron chi connectivity index (χ0n) is 28.4. The Morgan fingerprint density at radius 1 is 0.940 bits per heavy atom. The monoisotopic (exact) mass is 746 g/mol. The zero-order chi connectivity index (χ0) is 35.8. The van der Waals surface area contributed by atoms with E-state index in [9.17, 15) is 27.9 Å². The summed E-state index contributed by atoms with van der Waals surface area (Å²) in [6.07, 6.45) is 6.93. The van der Waals surface area contributed by atoms with E-state index in [-0.39, 0.29) is 34.3 Å². The molecule has 1 aliphatic carbocycles. The van der Waals surface area contributed by atoms with E-state index in [1.165, 1.54) is 6.26 Å². The Morgan fingerprint density at radius 2 is 1.58 bits per heavy atom. The van der Waals surface area contributed by atoms with Crippen LogP contribution in [0, 0.1) is 5.92 Å². The van der Waals surface area contributed by atoms with Crippen molar-refractivity contribution in [2.24, 2.45) is 13.0 Å². The molecule has 0 radical (unpaired) electrons. The number of likely N-dealkylation sites (tertiary alicyclic amines) is 2. The smallest absolute Gasteiger partial charge is 0.306 e. The molecule has 2 aliphatic heterocycles. The SMILES string of the molecule is Cn1cc(C(=O)Nc2cc(Cl)c(CC(=O)C(O[C@H]3CC[C@H](C(=O)O)CC3)(N3CCCC3)N3CCC(S(C)(=O)=O)CC3)cc2Cl)c2ccccc21. The highest BCUT2D eigenvalue weighted by molar-refractivity contribution is 7.91. The zero-order valence-corrected chi connectivity index (χ0v) is 30.7. The highest BCUT2D eigenvalue weighted by Gasteiger charge is 2.53. The van der Waals surface area contributed by atoms with Crippen molar-refractivity contribution >= 4 is 67.3 Å². The Hall–Kier alpha value is -3.00. The van der Waals surface area contributed by atoms with Crippen LogP contribution in [0.1, 0.15) is 67.3 Å². The highest BCUT2D eigenvalue weighted by atomic mass is 35.5. The van der Waals surface area contributed by atoms with Crippen LogP contribution < -0.4 is 5.32 Å². The van der Waals surface area contributed by atoms with Gasteiger partial charge in [0.25, 0.3) is 5.91 Å². The van der Waals surface area contributed by atoms with E-state index in [2.05, 4.69) is 10.2 Å². The molecule has 0 spiro atoms. The van der Waals surface area contributed by atoms with Crippen LogP contribution >= 0.6 is 23.2 Å². The average molecular weight is 748 g/mol. The number of nitrogens with one attached hydrogen (secondary N) is 1. The van der Waals surface area contributed by atoms with E-state index in [4.69, 9.17) is 27.9 Å². The molecular weight excluding hydrogens is 703 g/mol. The number of hydrogen-bond donors (Lipinski definition) is 2. The number of nitrogens with zero attached hydrogens (tertiary/aromatic N) is 3. The minimum absolute atomic E-state index is 0.122. The molecule has 11 nitrogen and oxygen atoms in total. The molecule has 1 saturated carbocycles. The molecule has 1 unspecified atom stereocenters. The largest absolute Gasteiger partial charge is 0.481 e. The first kappa shape index (κ1) is 36.8. The van der Waals surface area contributed by atoms with Gasteiger partial charge in [-0.05, 0) is 75.1 Å². The summed E-state index contributed by atoms with van der Waals surface area (Å²) >= 11 is 13.6. The first-order valence-corrected chi connectivity index (χ1v) is 19.9. The van der Waals surface area contributed by atoms with Crippen LogP contribution in [0.3, 0.4) is 0 Å². The number of rotatable bonds is 11. The van der Waals surface area contributed by atoms with E-state index in [0.717, 1.165) is 23.7 Å². The van der Waals surface area contributed by atoms with E-state index in [0.29, 0.717) is 81.5 Å². The highest BCUT2D eigenvalue weighted by Crippen LogP contribution is 2.39. The Balaban J connectivity index is 1.29. The minimum atomic E-state index is -3.26. The number of ketones is 1. The van der Waals surface area contributed by atoms with E-state index in [1.807, 2.05) is 40.8 Å². The van der Waals surface area contributed by atoms with Crippen LogP contribution in [0.2, 0.25) is 10.0 Å². The van der Waals surface area contributed by atoms with Gasteiger partial charge in [0, 0.05) is 68.0 Å². The number of halogens is 2. The van der Waals surface area contributed by atoms with Crippen molar-refractivity contribution in [2.75, 3.05) is 37.8 Å². The van der Waals surface area contributed by atoms with Gasteiger partial charge in [-0.15, -0.1) is 0 Å². The van der Waals surface area contributed by atoms with Crippen LogP contribution in [0.4, 0.5) is 5.69 Å².